The van der Waals surface area contributed by atoms with Crippen molar-refractivity contribution in [1.82, 2.24) is 18.9 Å². The fourth-order valence-electron chi connectivity index (χ4n) is 11.9. The molecule has 0 aliphatic carbocycles. The van der Waals surface area contributed by atoms with E-state index in [0.29, 0.717) is 0 Å². The third-order valence-corrected chi connectivity index (χ3v) is 25.9. The fourth-order valence-corrected chi connectivity index (χ4v) is 23.8. The number of para-hydroxylation sites is 1. The molecule has 0 saturated carbocycles. The first kappa shape index (κ1) is 40.0. The minimum absolute atomic E-state index is 0.899. The van der Waals surface area contributed by atoms with Crippen LogP contribution in [-0.2, 0) is 0 Å². The van der Waals surface area contributed by atoms with Gasteiger partial charge in [0, 0.05) is 49.9 Å². The predicted octanol–water partition coefficient (Wildman–Crippen LogP) is 9.35. The molecule has 14 rings (SSSR count). The van der Waals surface area contributed by atoms with E-state index in [1.165, 1.54) is 72.8 Å². The summed E-state index contributed by atoms with van der Waals surface area (Å²) in [6.45, 7) is 0. The van der Waals surface area contributed by atoms with Gasteiger partial charge in [0.1, 0.15) is 11.5 Å². The number of rotatable bonds is 7. The Hall–Kier alpha value is -8.08. The van der Waals surface area contributed by atoms with Crippen LogP contribution >= 0.6 is 11.8 Å². The fraction of sp³-hybridized carbons (Fsp3) is 0. The molecule has 0 bridgehead atoms. The van der Waals surface area contributed by atoms with Gasteiger partial charge in [-0.05, 0) is 83.3 Å². The maximum Gasteiger partial charge on any atom is 0.181 e. The van der Waals surface area contributed by atoms with E-state index >= 15 is 0 Å². The molecule has 5 heterocycles. The van der Waals surface area contributed by atoms with E-state index in [0.717, 1.165) is 33.4 Å². The number of fused-ring (bicyclic) bond motifs is 12. The summed E-state index contributed by atoms with van der Waals surface area (Å²) in [5.74, 6) is 0.899. The number of pyridine rings is 2. The van der Waals surface area contributed by atoms with Gasteiger partial charge in [-0.25, -0.2) is 9.97 Å². The molecular weight excluding hydrogens is 889 g/mol. The van der Waals surface area contributed by atoms with E-state index in [2.05, 4.69) is 246 Å². The Kier molecular flexibility index (Phi) is 9.14. The second-order valence-corrected chi connectivity index (χ2v) is 26.6. The molecule has 0 unspecified atom stereocenters. The van der Waals surface area contributed by atoms with Gasteiger partial charge in [-0.2, -0.15) is 0 Å². The first-order valence-electron chi connectivity index (χ1n) is 23.6. The average molecular weight is 931 g/mol. The molecule has 7 heteroatoms. The van der Waals surface area contributed by atoms with Crippen LogP contribution in [0.1, 0.15) is 0 Å². The van der Waals surface area contributed by atoms with Crippen molar-refractivity contribution in [3.05, 3.63) is 255 Å². The second-order valence-electron chi connectivity index (χ2n) is 18.1. The highest BCUT2D eigenvalue weighted by Crippen LogP contribution is 2.43. The largest absolute Gasteiger partial charge is 0.299 e. The van der Waals surface area contributed by atoms with Gasteiger partial charge in [-0.1, -0.05) is 212 Å². The highest BCUT2D eigenvalue weighted by atomic mass is 32.2. The minimum atomic E-state index is -3.10. The number of imidazole rings is 1. The van der Waals surface area contributed by atoms with Crippen LogP contribution in [-0.4, -0.2) is 35.1 Å². The summed E-state index contributed by atoms with van der Waals surface area (Å²) >= 11 is 1.93. The van der Waals surface area contributed by atoms with Crippen molar-refractivity contribution in [2.24, 2.45) is 0 Å². The summed E-state index contributed by atoms with van der Waals surface area (Å²) in [6.07, 6.45) is 5.94. The molecular formula is C62H42N4SSi2. The predicted molar refractivity (Wildman–Crippen MR) is 294 cm³/mol. The van der Waals surface area contributed by atoms with Gasteiger partial charge in [0.25, 0.3) is 0 Å². The summed E-state index contributed by atoms with van der Waals surface area (Å²) in [4.78, 5) is 12.8. The topological polar surface area (TPSA) is 35.1 Å². The molecule has 0 fully saturated rings. The Morgan fingerprint density at radius 2 is 1.03 bits per heavy atom. The number of aromatic nitrogens is 4. The molecule has 0 saturated heterocycles. The second kappa shape index (κ2) is 15.8. The van der Waals surface area contributed by atoms with Crippen molar-refractivity contribution in [2.75, 3.05) is 0 Å². The first-order valence-corrected chi connectivity index (χ1v) is 28.4. The van der Waals surface area contributed by atoms with E-state index in [1.54, 1.807) is 0 Å². The lowest BCUT2D eigenvalue weighted by atomic mass is 10.1. The van der Waals surface area contributed by atoms with Gasteiger partial charge in [-0.15, -0.1) is 0 Å². The maximum absolute atomic E-state index is 5.11. The summed E-state index contributed by atoms with van der Waals surface area (Å²) in [7, 11) is -5.92. The van der Waals surface area contributed by atoms with E-state index in [1.807, 2.05) is 30.2 Å². The van der Waals surface area contributed by atoms with Crippen molar-refractivity contribution >= 4 is 119 Å². The number of benzene rings is 9. The van der Waals surface area contributed by atoms with Crippen molar-refractivity contribution < 1.29 is 0 Å². The van der Waals surface area contributed by atoms with Crippen LogP contribution < -0.4 is 41.5 Å². The number of hydrogen-bond donors (Lipinski definition) is 0. The minimum Gasteiger partial charge on any atom is -0.299 e. The zero-order valence-electron chi connectivity index (χ0n) is 37.4. The molecule has 324 valence electrons. The van der Waals surface area contributed by atoms with Gasteiger partial charge in [-0.3, -0.25) is 8.97 Å². The van der Waals surface area contributed by atoms with Crippen molar-refractivity contribution in [2.45, 2.75) is 9.79 Å². The molecule has 4 nitrogen and oxygen atoms in total. The lowest BCUT2D eigenvalue weighted by Crippen LogP contribution is -2.76. The van der Waals surface area contributed by atoms with Gasteiger partial charge in [0.15, 0.2) is 16.1 Å². The molecule has 4 aromatic heterocycles. The molecule has 69 heavy (non-hydrogen) atoms. The van der Waals surface area contributed by atoms with Gasteiger partial charge < -0.3 is 0 Å². The van der Waals surface area contributed by atoms with Crippen LogP contribution in [0.4, 0.5) is 0 Å². The Bertz CT molecular complexity index is 4020. The summed E-state index contributed by atoms with van der Waals surface area (Å²) in [5.41, 5.74) is 4.42. The molecule has 1 aliphatic rings. The highest BCUT2D eigenvalue weighted by Gasteiger charge is 2.48. The molecule has 0 spiro atoms. The average Bonchev–Trinajstić information content (AvgIpc) is 4.06. The van der Waals surface area contributed by atoms with Gasteiger partial charge in [0.05, 0.1) is 16.6 Å². The van der Waals surface area contributed by atoms with E-state index < -0.39 is 16.1 Å². The van der Waals surface area contributed by atoms with Crippen LogP contribution in [0.25, 0.3) is 54.9 Å². The third kappa shape index (κ3) is 5.75. The molecule has 0 N–H and O–H groups in total. The highest BCUT2D eigenvalue weighted by molar-refractivity contribution is 8.00. The Labute approximate surface area is 405 Å². The molecule has 1 aliphatic heterocycles. The standard InChI is InChI=1S/C62H42N4SSi2/c1-5-19-43(20-6-1)68(44-21-7-2-8-22-44,47-32-34-49-50-27-13-14-28-53(50)65-40-39-64-62(65)52(49)41-47)48-33-35-51-55(42-48)66(59-31-17-18-38-63-59)54-36-37-58-61(60(51)54)67-56-29-15-16-30-57(56)69(58,45-23-9-3-10-24-45)46-25-11-4-12-26-46/h1-42H. The van der Waals surface area contributed by atoms with Crippen LogP contribution in [0.15, 0.2) is 265 Å². The maximum atomic E-state index is 5.11. The smallest absolute Gasteiger partial charge is 0.181 e. The SMILES string of the molecule is c1ccc([Si](c2ccccc2)(c2ccc3c4ccccc4n4ccnc4c3c2)c2ccc3c4c5c(ccc4n(-c4ccccn4)c3c2)[Si](c2ccccc2)(c2ccccc2)c2ccccc2S5)cc1. The van der Waals surface area contributed by atoms with Crippen molar-refractivity contribution in [3.63, 3.8) is 0 Å². The van der Waals surface area contributed by atoms with E-state index in [-0.39, 0.29) is 0 Å². The van der Waals surface area contributed by atoms with Crippen LogP contribution in [0, 0.1) is 0 Å². The molecule has 13 aromatic rings. The summed E-state index contributed by atoms with van der Waals surface area (Å²) in [5, 5.41) is 16.9. The lowest BCUT2D eigenvalue weighted by Gasteiger charge is -2.40. The van der Waals surface area contributed by atoms with Crippen LogP contribution in [0.5, 0.6) is 0 Å². The van der Waals surface area contributed by atoms with Gasteiger partial charge in [0.2, 0.25) is 0 Å². The molecule has 0 radical (unpaired) electrons. The molecule has 0 amide bonds. The van der Waals surface area contributed by atoms with Crippen molar-refractivity contribution in [1.29, 1.82) is 0 Å². The number of nitrogens with zero attached hydrogens (tertiary/aromatic N) is 4. The lowest BCUT2D eigenvalue weighted by molar-refractivity contribution is 1.08. The molecule has 9 aromatic carbocycles. The zero-order chi connectivity index (χ0) is 45.5. The third-order valence-electron chi connectivity index (χ3n) is 14.7. The quantitative estimate of drug-likeness (QED) is 0.0909. The normalized spacial score (nSPS) is 13.3. The molecule has 0 atom stereocenters. The number of hydrogen-bond acceptors (Lipinski definition) is 3. The zero-order valence-corrected chi connectivity index (χ0v) is 40.3. The Balaban J connectivity index is 1.11. The Morgan fingerprint density at radius 3 is 1.74 bits per heavy atom. The van der Waals surface area contributed by atoms with Crippen LogP contribution in [0.3, 0.4) is 0 Å². The first-order chi connectivity index (χ1) is 34.2. The van der Waals surface area contributed by atoms with E-state index in [9.17, 15) is 0 Å². The van der Waals surface area contributed by atoms with E-state index in [4.69, 9.17) is 9.97 Å². The Morgan fingerprint density at radius 1 is 0.406 bits per heavy atom. The van der Waals surface area contributed by atoms with Crippen molar-refractivity contribution in [3.8, 4) is 5.82 Å². The summed E-state index contributed by atoms with van der Waals surface area (Å²) in [6, 6.07) is 88.9. The summed E-state index contributed by atoms with van der Waals surface area (Å²) < 4.78 is 4.68. The van der Waals surface area contributed by atoms with Crippen LogP contribution in [0.2, 0.25) is 0 Å². The van der Waals surface area contributed by atoms with Gasteiger partial charge >= 0.3 is 0 Å². The monoisotopic (exact) mass is 930 g/mol.